The van der Waals surface area contributed by atoms with Crippen molar-refractivity contribution in [1.82, 2.24) is 10.9 Å². The van der Waals surface area contributed by atoms with Crippen LogP contribution in [-0.2, 0) is 14.3 Å². The van der Waals surface area contributed by atoms with Crippen molar-refractivity contribution < 1.29 is 38.2 Å². The Kier molecular flexibility index (Phi) is 8.92. The summed E-state index contributed by atoms with van der Waals surface area (Å²) in [7, 11) is 2.92. The number of methoxy groups -OCH3 is 2. The molecule has 3 amide bonds. The van der Waals surface area contributed by atoms with Gasteiger partial charge in [0, 0.05) is 15.6 Å². The van der Waals surface area contributed by atoms with Crippen molar-refractivity contribution in [1.29, 1.82) is 0 Å². The first kappa shape index (κ1) is 28.5. The van der Waals surface area contributed by atoms with E-state index in [1.54, 1.807) is 30.3 Å². The lowest BCUT2D eigenvalue weighted by Crippen LogP contribution is -2.48. The fourth-order valence-electron chi connectivity index (χ4n) is 3.90. The molecule has 0 spiro atoms. The summed E-state index contributed by atoms with van der Waals surface area (Å²) in [4.78, 5) is 63.7. The zero-order valence-electron chi connectivity index (χ0n) is 21.4. The number of hydrazine groups is 1. The number of Topliss-reactive ketones (excluding diaryl/α,β-unsaturated/α-hetero) is 1. The van der Waals surface area contributed by atoms with Crippen LogP contribution in [-0.4, -0.2) is 56.3 Å². The van der Waals surface area contributed by atoms with Gasteiger partial charge in [0.05, 0.1) is 31.9 Å². The standard InChI is InChI=1S/C28H24BrN3O8/c1-38-23-12-7-18(13-24(23)39-2)26(35)31-30-21-14-25(34)32(27(21)36)20-10-5-17(6-11-20)28(37)40-15-22(33)16-3-8-19(29)9-4-16/h3-13,21,30H,14-15H2,1-2H3,(H,31,35). The molecule has 1 saturated heterocycles. The SMILES string of the molecule is COc1ccc(C(=O)NNC2CC(=O)N(c3ccc(C(=O)OCC(=O)c4ccc(Br)cc4)cc3)C2=O)cc1OC. The highest BCUT2D eigenvalue weighted by Gasteiger charge is 2.39. The highest BCUT2D eigenvalue weighted by molar-refractivity contribution is 9.10. The highest BCUT2D eigenvalue weighted by atomic mass is 79.9. The summed E-state index contributed by atoms with van der Waals surface area (Å²) in [5, 5.41) is 0. The van der Waals surface area contributed by atoms with E-state index in [-0.39, 0.29) is 29.0 Å². The molecule has 1 heterocycles. The minimum absolute atomic E-state index is 0.142. The summed E-state index contributed by atoms with van der Waals surface area (Å²) >= 11 is 3.29. The fraction of sp³-hybridized carbons (Fsp3) is 0.179. The van der Waals surface area contributed by atoms with Gasteiger partial charge in [0.25, 0.3) is 11.8 Å². The molecule has 11 nitrogen and oxygen atoms in total. The van der Waals surface area contributed by atoms with E-state index in [1.807, 2.05) is 0 Å². The number of nitrogens with one attached hydrogen (secondary N) is 2. The maximum atomic E-state index is 12.9. The summed E-state index contributed by atoms with van der Waals surface area (Å²) in [6.45, 7) is -0.437. The minimum Gasteiger partial charge on any atom is -0.493 e. The van der Waals surface area contributed by atoms with Crippen molar-refractivity contribution in [3.63, 3.8) is 0 Å². The van der Waals surface area contributed by atoms with Crippen molar-refractivity contribution in [2.24, 2.45) is 0 Å². The molecule has 3 aromatic carbocycles. The van der Waals surface area contributed by atoms with Crippen LogP contribution in [0.15, 0.2) is 71.2 Å². The van der Waals surface area contributed by atoms with Crippen molar-refractivity contribution in [3.8, 4) is 11.5 Å². The van der Waals surface area contributed by atoms with Crippen molar-refractivity contribution in [2.45, 2.75) is 12.5 Å². The molecule has 1 aliphatic heterocycles. The van der Waals surface area contributed by atoms with E-state index < -0.39 is 36.3 Å². The van der Waals surface area contributed by atoms with Gasteiger partial charge in [-0.25, -0.2) is 15.1 Å². The first-order valence-electron chi connectivity index (χ1n) is 11.9. The van der Waals surface area contributed by atoms with Crippen molar-refractivity contribution in [2.75, 3.05) is 25.7 Å². The van der Waals surface area contributed by atoms with Gasteiger partial charge >= 0.3 is 5.97 Å². The van der Waals surface area contributed by atoms with Crippen LogP contribution >= 0.6 is 15.9 Å². The molecule has 12 heteroatoms. The Bertz CT molecular complexity index is 1460. The smallest absolute Gasteiger partial charge is 0.338 e. The predicted molar refractivity (Wildman–Crippen MR) is 146 cm³/mol. The summed E-state index contributed by atoms with van der Waals surface area (Å²) in [6, 6.07) is 15.9. The van der Waals surface area contributed by atoms with Crippen LogP contribution in [0.5, 0.6) is 11.5 Å². The number of hydrogen-bond acceptors (Lipinski definition) is 9. The molecular formula is C28H24BrN3O8. The Morgan fingerprint density at radius 3 is 2.15 bits per heavy atom. The van der Waals surface area contributed by atoms with Crippen LogP contribution in [0.3, 0.4) is 0 Å². The molecule has 0 bridgehead atoms. The predicted octanol–water partition coefficient (Wildman–Crippen LogP) is 3.07. The summed E-state index contributed by atoms with van der Waals surface area (Å²) < 4.78 is 16.3. The molecule has 2 N–H and O–H groups in total. The number of ketones is 1. The summed E-state index contributed by atoms with van der Waals surface area (Å²) in [6.07, 6.45) is -0.187. The fourth-order valence-corrected chi connectivity index (χ4v) is 4.16. The van der Waals surface area contributed by atoms with Gasteiger partial charge in [-0.1, -0.05) is 28.1 Å². The molecule has 0 aliphatic carbocycles. The van der Waals surface area contributed by atoms with Gasteiger partial charge in [-0.05, 0) is 54.6 Å². The van der Waals surface area contributed by atoms with Crippen LogP contribution in [0.4, 0.5) is 5.69 Å². The topological polar surface area (TPSA) is 140 Å². The number of anilines is 1. The number of benzene rings is 3. The van der Waals surface area contributed by atoms with Crippen LogP contribution in [0.2, 0.25) is 0 Å². The van der Waals surface area contributed by atoms with Crippen molar-refractivity contribution in [3.05, 3.63) is 87.9 Å². The number of halogens is 1. The van der Waals surface area contributed by atoms with Crippen LogP contribution < -0.4 is 25.2 Å². The molecule has 40 heavy (non-hydrogen) atoms. The number of esters is 1. The van der Waals surface area contributed by atoms with Gasteiger partial charge in [-0.15, -0.1) is 0 Å². The molecule has 0 saturated carbocycles. The van der Waals surface area contributed by atoms with Gasteiger partial charge in [0.15, 0.2) is 23.9 Å². The van der Waals surface area contributed by atoms with E-state index >= 15 is 0 Å². The van der Waals surface area contributed by atoms with E-state index in [2.05, 4.69) is 26.8 Å². The van der Waals surface area contributed by atoms with Gasteiger partial charge in [0.1, 0.15) is 6.04 Å². The molecule has 3 aromatic rings. The molecule has 1 atom stereocenters. The first-order valence-corrected chi connectivity index (χ1v) is 12.7. The average molecular weight is 610 g/mol. The van der Waals surface area contributed by atoms with Crippen molar-refractivity contribution >= 4 is 51.1 Å². The van der Waals surface area contributed by atoms with Gasteiger partial charge in [0.2, 0.25) is 5.91 Å². The number of ether oxygens (including phenoxy) is 3. The normalized spacial score (nSPS) is 14.6. The molecule has 0 aromatic heterocycles. The molecule has 0 radical (unpaired) electrons. The molecule has 1 aliphatic rings. The monoisotopic (exact) mass is 609 g/mol. The first-order chi connectivity index (χ1) is 19.2. The Labute approximate surface area is 237 Å². The molecule has 1 unspecified atom stereocenters. The third-order valence-electron chi connectivity index (χ3n) is 6.01. The van der Waals surface area contributed by atoms with Gasteiger partial charge < -0.3 is 14.2 Å². The van der Waals surface area contributed by atoms with Crippen LogP contribution in [0.1, 0.15) is 37.5 Å². The second-order valence-electron chi connectivity index (χ2n) is 8.55. The minimum atomic E-state index is -0.995. The highest BCUT2D eigenvalue weighted by Crippen LogP contribution is 2.27. The number of carbonyl (C=O) groups is 5. The second kappa shape index (κ2) is 12.5. The third-order valence-corrected chi connectivity index (χ3v) is 6.54. The van der Waals surface area contributed by atoms with E-state index in [0.717, 1.165) is 9.37 Å². The zero-order valence-corrected chi connectivity index (χ0v) is 23.0. The lowest BCUT2D eigenvalue weighted by Gasteiger charge is -2.16. The zero-order chi connectivity index (χ0) is 28.8. The van der Waals surface area contributed by atoms with E-state index in [1.165, 1.54) is 50.6 Å². The summed E-state index contributed by atoms with van der Waals surface area (Å²) in [5.74, 6) is -1.88. The Morgan fingerprint density at radius 2 is 1.50 bits per heavy atom. The van der Waals surface area contributed by atoms with E-state index in [4.69, 9.17) is 14.2 Å². The number of amides is 3. The van der Waals surface area contributed by atoms with Gasteiger partial charge in [-0.3, -0.25) is 24.6 Å². The number of rotatable bonds is 10. The largest absolute Gasteiger partial charge is 0.493 e. The van der Waals surface area contributed by atoms with Crippen LogP contribution in [0.25, 0.3) is 0 Å². The second-order valence-corrected chi connectivity index (χ2v) is 9.46. The molecule has 1 fully saturated rings. The van der Waals surface area contributed by atoms with E-state index in [0.29, 0.717) is 17.1 Å². The molecule has 4 rings (SSSR count). The van der Waals surface area contributed by atoms with Gasteiger partial charge in [-0.2, -0.15) is 0 Å². The maximum absolute atomic E-state index is 12.9. The Morgan fingerprint density at radius 1 is 0.875 bits per heavy atom. The Balaban J connectivity index is 1.33. The average Bonchev–Trinajstić information content (AvgIpc) is 3.26. The lowest BCUT2D eigenvalue weighted by atomic mass is 10.1. The number of carbonyl (C=O) groups excluding carboxylic acids is 5. The molecular weight excluding hydrogens is 586 g/mol. The van der Waals surface area contributed by atoms with E-state index in [9.17, 15) is 24.0 Å². The van der Waals surface area contributed by atoms with Crippen LogP contribution in [0, 0.1) is 0 Å². The number of imide groups is 1. The third kappa shape index (κ3) is 6.35. The summed E-state index contributed by atoms with van der Waals surface area (Å²) in [5.41, 5.74) is 6.08. The Hall–Kier alpha value is -4.55. The number of hydrogen-bond donors (Lipinski definition) is 2. The number of nitrogens with zero attached hydrogens (tertiary/aromatic N) is 1. The molecule has 206 valence electrons. The maximum Gasteiger partial charge on any atom is 0.338 e. The lowest BCUT2D eigenvalue weighted by molar-refractivity contribution is -0.121. The quantitative estimate of drug-likeness (QED) is 0.153.